The van der Waals surface area contributed by atoms with Gasteiger partial charge >= 0.3 is 0 Å². The lowest BCUT2D eigenvalue weighted by atomic mass is 9.89. The molecule has 0 amide bonds. The first-order chi connectivity index (χ1) is 20.2. The summed E-state index contributed by atoms with van der Waals surface area (Å²) in [6.07, 6.45) is 3.85. The molecule has 216 valence electrons. The van der Waals surface area contributed by atoms with Crippen LogP contribution in [0.4, 0.5) is 11.6 Å². The van der Waals surface area contributed by atoms with Gasteiger partial charge in [-0.25, -0.2) is 19.3 Å². The van der Waals surface area contributed by atoms with Crippen LogP contribution in [0.3, 0.4) is 0 Å². The highest BCUT2D eigenvalue weighted by Crippen LogP contribution is 2.30. The monoisotopic (exact) mass is 565 g/mol. The van der Waals surface area contributed by atoms with Crippen LogP contribution in [0.5, 0.6) is 5.75 Å². The number of aromatic nitrogens is 5. The van der Waals surface area contributed by atoms with E-state index in [4.69, 9.17) is 14.7 Å². The smallest absolute Gasteiger partial charge is 0.283 e. The Kier molecular flexibility index (Phi) is 7.26. The molecule has 3 aromatic heterocycles. The molecule has 6 rings (SSSR count). The van der Waals surface area contributed by atoms with Crippen molar-refractivity contribution in [2.75, 3.05) is 32.6 Å². The van der Waals surface area contributed by atoms with Gasteiger partial charge in [-0.05, 0) is 94.7 Å². The number of ether oxygens (including phenoxy) is 1. The summed E-state index contributed by atoms with van der Waals surface area (Å²) in [5, 5.41) is 14.3. The Bertz CT molecular complexity index is 1780. The van der Waals surface area contributed by atoms with E-state index in [1.807, 2.05) is 24.3 Å². The topological polar surface area (TPSA) is 110 Å². The van der Waals surface area contributed by atoms with Crippen molar-refractivity contribution in [3.05, 3.63) is 94.5 Å². The van der Waals surface area contributed by atoms with Crippen molar-refractivity contribution in [3.63, 3.8) is 0 Å². The second-order valence-electron chi connectivity index (χ2n) is 11.3. The Balaban J connectivity index is 1.44. The SMILES string of the molecule is COc1ccccc1-n1c(=O)c2cnc(Nc3ccc(C4CCN(C)CC4)cc3)nc2n1-c1cccc(C(C)(C)O)n1. The van der Waals surface area contributed by atoms with Crippen LogP contribution in [0.1, 0.15) is 43.9 Å². The van der Waals surface area contributed by atoms with Gasteiger partial charge in [-0.3, -0.25) is 4.79 Å². The highest BCUT2D eigenvalue weighted by atomic mass is 16.5. The molecule has 0 saturated carbocycles. The zero-order valence-corrected chi connectivity index (χ0v) is 24.3. The number of para-hydroxylation sites is 2. The maximum atomic E-state index is 13.9. The molecular weight excluding hydrogens is 530 g/mol. The number of nitrogens with zero attached hydrogens (tertiary/aromatic N) is 6. The van der Waals surface area contributed by atoms with E-state index in [1.165, 1.54) is 16.4 Å². The quantitative estimate of drug-likeness (QED) is 0.291. The van der Waals surface area contributed by atoms with Crippen molar-refractivity contribution in [1.29, 1.82) is 0 Å². The predicted molar refractivity (Wildman–Crippen MR) is 163 cm³/mol. The van der Waals surface area contributed by atoms with Crippen molar-refractivity contribution in [3.8, 4) is 17.3 Å². The molecule has 1 saturated heterocycles. The first kappa shape index (κ1) is 27.6. The number of likely N-dealkylation sites (tertiary alicyclic amines) is 1. The van der Waals surface area contributed by atoms with Crippen LogP contribution in [0.15, 0.2) is 77.7 Å². The highest BCUT2D eigenvalue weighted by molar-refractivity contribution is 5.78. The van der Waals surface area contributed by atoms with Gasteiger partial charge in [0.2, 0.25) is 5.95 Å². The van der Waals surface area contributed by atoms with Crippen LogP contribution in [0.25, 0.3) is 22.5 Å². The summed E-state index contributed by atoms with van der Waals surface area (Å²) in [7, 11) is 3.73. The molecule has 0 atom stereocenters. The number of nitrogens with one attached hydrogen (secondary N) is 1. The Morgan fingerprint density at radius 2 is 1.69 bits per heavy atom. The molecular formula is C32H35N7O3. The van der Waals surface area contributed by atoms with Crippen LogP contribution in [-0.2, 0) is 5.60 Å². The predicted octanol–water partition coefficient (Wildman–Crippen LogP) is 4.76. The van der Waals surface area contributed by atoms with Gasteiger partial charge in [0.25, 0.3) is 5.56 Å². The maximum Gasteiger partial charge on any atom is 0.283 e. The first-order valence-electron chi connectivity index (χ1n) is 14.1. The summed E-state index contributed by atoms with van der Waals surface area (Å²) < 4.78 is 8.72. The van der Waals surface area contributed by atoms with E-state index in [9.17, 15) is 9.90 Å². The van der Waals surface area contributed by atoms with E-state index >= 15 is 0 Å². The lowest BCUT2D eigenvalue weighted by molar-refractivity contribution is 0.0738. The largest absolute Gasteiger partial charge is 0.494 e. The third-order valence-electron chi connectivity index (χ3n) is 7.84. The van der Waals surface area contributed by atoms with E-state index in [2.05, 4.69) is 34.4 Å². The molecule has 2 aromatic carbocycles. The average molecular weight is 566 g/mol. The van der Waals surface area contributed by atoms with Crippen molar-refractivity contribution in [2.24, 2.45) is 0 Å². The van der Waals surface area contributed by atoms with Gasteiger partial charge in [-0.15, -0.1) is 0 Å². The summed E-state index contributed by atoms with van der Waals surface area (Å²) in [6.45, 7) is 5.56. The molecule has 10 heteroatoms. The van der Waals surface area contributed by atoms with Crippen LogP contribution in [0, 0.1) is 0 Å². The lowest BCUT2D eigenvalue weighted by Crippen LogP contribution is -2.29. The minimum Gasteiger partial charge on any atom is -0.494 e. The lowest BCUT2D eigenvalue weighted by Gasteiger charge is -2.29. The molecule has 10 nitrogen and oxygen atoms in total. The van der Waals surface area contributed by atoms with Gasteiger partial charge in [0.05, 0.1) is 12.8 Å². The van der Waals surface area contributed by atoms with Gasteiger partial charge < -0.3 is 20.1 Å². The number of methoxy groups -OCH3 is 1. The van der Waals surface area contributed by atoms with Crippen molar-refractivity contribution in [1.82, 2.24) is 29.2 Å². The molecule has 5 aromatic rings. The van der Waals surface area contributed by atoms with Gasteiger partial charge in [0, 0.05) is 11.9 Å². The number of hydrogen-bond acceptors (Lipinski definition) is 8. The number of hydrogen-bond donors (Lipinski definition) is 2. The summed E-state index contributed by atoms with van der Waals surface area (Å²) >= 11 is 0. The van der Waals surface area contributed by atoms with Crippen molar-refractivity contribution in [2.45, 2.75) is 38.2 Å². The molecule has 0 radical (unpaired) electrons. The van der Waals surface area contributed by atoms with E-state index in [-0.39, 0.29) is 5.56 Å². The van der Waals surface area contributed by atoms with E-state index < -0.39 is 5.60 Å². The van der Waals surface area contributed by atoms with Gasteiger partial charge in [-0.2, -0.15) is 4.98 Å². The summed E-state index contributed by atoms with van der Waals surface area (Å²) in [6, 6.07) is 21.0. The summed E-state index contributed by atoms with van der Waals surface area (Å²) in [5.41, 5.74) is 2.04. The molecule has 4 heterocycles. The fraction of sp³-hybridized carbons (Fsp3) is 0.312. The van der Waals surface area contributed by atoms with Gasteiger partial charge in [0.1, 0.15) is 22.4 Å². The maximum absolute atomic E-state index is 13.9. The Labute approximate surface area is 244 Å². The molecule has 0 bridgehead atoms. The molecule has 1 aliphatic heterocycles. The normalized spacial score (nSPS) is 14.8. The van der Waals surface area contributed by atoms with E-state index in [1.54, 1.807) is 56.0 Å². The minimum atomic E-state index is -1.18. The standard InChI is InChI=1S/C32H35N7O3/c1-32(2,41)27-10-7-11-28(35-27)39-29-24(30(40)38(39)25-8-5-6-9-26(25)42-4)20-33-31(36-29)34-23-14-12-21(13-15-23)22-16-18-37(3)19-17-22/h5-15,20,22,41H,16-19H2,1-4H3,(H,33,34,36). The minimum absolute atomic E-state index is 0.319. The van der Waals surface area contributed by atoms with Gasteiger partial charge in [-0.1, -0.05) is 30.3 Å². The number of aliphatic hydroxyl groups is 1. The third kappa shape index (κ3) is 5.26. The summed E-state index contributed by atoms with van der Waals surface area (Å²) in [4.78, 5) is 30.2. The highest BCUT2D eigenvalue weighted by Gasteiger charge is 2.24. The molecule has 2 N–H and O–H groups in total. The van der Waals surface area contributed by atoms with Crippen LogP contribution in [0.2, 0.25) is 0 Å². The zero-order chi connectivity index (χ0) is 29.4. The molecule has 0 spiro atoms. The molecule has 1 aliphatic rings. The second kappa shape index (κ2) is 11.0. The van der Waals surface area contributed by atoms with E-state index in [0.29, 0.717) is 45.8 Å². The second-order valence-corrected chi connectivity index (χ2v) is 11.3. The van der Waals surface area contributed by atoms with E-state index in [0.717, 1.165) is 31.6 Å². The third-order valence-corrected chi connectivity index (χ3v) is 7.84. The molecule has 0 aliphatic carbocycles. The number of anilines is 2. The molecule has 0 unspecified atom stereocenters. The number of rotatable bonds is 7. The number of benzene rings is 2. The van der Waals surface area contributed by atoms with Gasteiger partial charge in [0.15, 0.2) is 11.5 Å². The average Bonchev–Trinajstić information content (AvgIpc) is 3.28. The number of piperidine rings is 1. The summed E-state index contributed by atoms with van der Waals surface area (Å²) in [5.74, 6) is 1.84. The Hall–Kier alpha value is -4.54. The van der Waals surface area contributed by atoms with Crippen LogP contribution >= 0.6 is 0 Å². The molecule has 42 heavy (non-hydrogen) atoms. The van der Waals surface area contributed by atoms with Crippen molar-refractivity contribution >= 4 is 22.7 Å². The number of fused-ring (bicyclic) bond motifs is 1. The zero-order valence-electron chi connectivity index (χ0n) is 24.3. The number of pyridine rings is 1. The van der Waals surface area contributed by atoms with Crippen LogP contribution < -0.4 is 15.6 Å². The molecule has 1 fully saturated rings. The fourth-order valence-corrected chi connectivity index (χ4v) is 5.47. The Morgan fingerprint density at radius 1 is 0.952 bits per heavy atom. The Morgan fingerprint density at radius 3 is 2.40 bits per heavy atom. The fourth-order valence-electron chi connectivity index (χ4n) is 5.47. The first-order valence-corrected chi connectivity index (χ1v) is 14.1. The van der Waals surface area contributed by atoms with Crippen molar-refractivity contribution < 1.29 is 9.84 Å². The van der Waals surface area contributed by atoms with Crippen LogP contribution in [-0.4, -0.2) is 61.6 Å².